The van der Waals surface area contributed by atoms with E-state index in [4.69, 9.17) is 9.47 Å². The summed E-state index contributed by atoms with van der Waals surface area (Å²) in [6, 6.07) is 8.57. The zero-order valence-corrected chi connectivity index (χ0v) is 16.1. The van der Waals surface area contributed by atoms with Crippen LogP contribution in [0.25, 0.3) is 0 Å². The second-order valence-corrected chi connectivity index (χ2v) is 6.38. The molecular weight excluding hydrogens is 381 g/mol. The number of nitrogens with one attached hydrogen (secondary N) is 1. The summed E-state index contributed by atoms with van der Waals surface area (Å²) in [5.74, 6) is -0.578. The topological polar surface area (TPSA) is 88.2 Å². The van der Waals surface area contributed by atoms with Gasteiger partial charge in [-0.05, 0) is 31.2 Å². The van der Waals surface area contributed by atoms with E-state index in [1.165, 1.54) is 43.4 Å². The molecule has 0 bridgehead atoms. The number of amides is 4. The molecule has 0 saturated carbocycles. The van der Waals surface area contributed by atoms with Crippen LogP contribution in [0.15, 0.2) is 42.5 Å². The molecule has 0 radical (unpaired) electrons. The van der Waals surface area contributed by atoms with E-state index < -0.39 is 36.2 Å². The maximum Gasteiger partial charge on any atom is 0.332 e. The van der Waals surface area contributed by atoms with Crippen LogP contribution in [0.1, 0.15) is 6.92 Å². The van der Waals surface area contributed by atoms with E-state index >= 15 is 0 Å². The minimum absolute atomic E-state index is 0.373. The molecule has 9 heteroatoms. The molecule has 0 aromatic heterocycles. The molecule has 152 valence electrons. The van der Waals surface area contributed by atoms with E-state index in [1.807, 2.05) is 0 Å². The molecule has 1 saturated heterocycles. The van der Waals surface area contributed by atoms with Crippen LogP contribution in [0.4, 0.5) is 20.6 Å². The Hall–Kier alpha value is -3.62. The SMILES string of the molecule is COc1cc(NC(=O)CN2C(=O)C(C)N(c3ccc(F)cc3)C2=O)cc(OC)c1. The number of urea groups is 1. The number of rotatable bonds is 6. The summed E-state index contributed by atoms with van der Waals surface area (Å²) >= 11 is 0. The number of halogens is 1. The average molecular weight is 401 g/mol. The van der Waals surface area contributed by atoms with Crippen molar-refractivity contribution in [3.63, 3.8) is 0 Å². The second kappa shape index (κ2) is 8.17. The van der Waals surface area contributed by atoms with Crippen LogP contribution in [0.2, 0.25) is 0 Å². The molecule has 1 aliphatic rings. The van der Waals surface area contributed by atoms with Crippen molar-refractivity contribution in [3.8, 4) is 11.5 Å². The summed E-state index contributed by atoms with van der Waals surface area (Å²) < 4.78 is 23.5. The van der Waals surface area contributed by atoms with Gasteiger partial charge in [0.25, 0.3) is 5.91 Å². The highest BCUT2D eigenvalue weighted by atomic mass is 19.1. The third-order valence-corrected chi connectivity index (χ3v) is 4.49. The van der Waals surface area contributed by atoms with Crippen molar-refractivity contribution >= 4 is 29.2 Å². The van der Waals surface area contributed by atoms with Gasteiger partial charge >= 0.3 is 6.03 Å². The average Bonchev–Trinajstić information content (AvgIpc) is 2.91. The van der Waals surface area contributed by atoms with Crippen molar-refractivity contribution in [1.82, 2.24) is 4.90 Å². The van der Waals surface area contributed by atoms with Gasteiger partial charge in [-0.2, -0.15) is 0 Å². The Labute approximate surface area is 166 Å². The molecule has 3 rings (SSSR count). The van der Waals surface area contributed by atoms with E-state index in [9.17, 15) is 18.8 Å². The second-order valence-electron chi connectivity index (χ2n) is 6.38. The van der Waals surface area contributed by atoms with Crippen molar-refractivity contribution in [3.05, 3.63) is 48.3 Å². The van der Waals surface area contributed by atoms with Crippen molar-refractivity contribution < 1.29 is 28.2 Å². The lowest BCUT2D eigenvalue weighted by Crippen LogP contribution is -2.39. The van der Waals surface area contributed by atoms with Crippen LogP contribution >= 0.6 is 0 Å². The lowest BCUT2D eigenvalue weighted by atomic mass is 10.2. The number of methoxy groups -OCH3 is 2. The fourth-order valence-corrected chi connectivity index (χ4v) is 3.03. The molecule has 0 aliphatic carbocycles. The third kappa shape index (κ3) is 4.13. The van der Waals surface area contributed by atoms with Crippen LogP contribution in [0.5, 0.6) is 11.5 Å². The molecule has 1 N–H and O–H groups in total. The summed E-state index contributed by atoms with van der Waals surface area (Å²) in [5.41, 5.74) is 0.770. The number of hydrogen-bond acceptors (Lipinski definition) is 5. The summed E-state index contributed by atoms with van der Waals surface area (Å²) in [6.07, 6.45) is 0. The van der Waals surface area contributed by atoms with Crippen LogP contribution in [0, 0.1) is 5.82 Å². The first-order valence-electron chi connectivity index (χ1n) is 8.77. The molecule has 1 fully saturated rings. The summed E-state index contributed by atoms with van der Waals surface area (Å²) in [4.78, 5) is 39.8. The first-order chi connectivity index (χ1) is 13.8. The smallest absolute Gasteiger partial charge is 0.332 e. The summed E-state index contributed by atoms with van der Waals surface area (Å²) in [5, 5.41) is 2.62. The molecule has 0 spiro atoms. The van der Waals surface area contributed by atoms with Gasteiger partial charge in [0.2, 0.25) is 5.91 Å². The number of carbonyl (C=O) groups is 3. The van der Waals surface area contributed by atoms with Crippen LogP contribution in [-0.2, 0) is 9.59 Å². The fraction of sp³-hybridized carbons (Fsp3) is 0.250. The number of ether oxygens (including phenoxy) is 2. The molecule has 1 heterocycles. The van der Waals surface area contributed by atoms with Crippen molar-refractivity contribution in [2.45, 2.75) is 13.0 Å². The number of imide groups is 1. The standard InChI is InChI=1S/C20H20FN3O5/c1-12-19(26)23(20(27)24(12)15-6-4-13(21)5-7-15)11-18(25)22-14-8-16(28-2)10-17(9-14)29-3/h4-10,12H,11H2,1-3H3,(H,22,25). The third-order valence-electron chi connectivity index (χ3n) is 4.49. The van der Waals surface area contributed by atoms with Gasteiger partial charge in [-0.1, -0.05) is 0 Å². The van der Waals surface area contributed by atoms with Gasteiger partial charge < -0.3 is 14.8 Å². The molecular formula is C20H20FN3O5. The number of benzene rings is 2. The summed E-state index contributed by atoms with van der Waals surface area (Å²) in [7, 11) is 2.96. The molecule has 4 amide bonds. The monoisotopic (exact) mass is 401 g/mol. The number of anilines is 2. The van der Waals surface area contributed by atoms with Gasteiger partial charge in [-0.15, -0.1) is 0 Å². The Bertz CT molecular complexity index is 925. The van der Waals surface area contributed by atoms with E-state index in [-0.39, 0.29) is 0 Å². The lowest BCUT2D eigenvalue weighted by Gasteiger charge is -2.19. The predicted molar refractivity (Wildman–Crippen MR) is 104 cm³/mol. The van der Waals surface area contributed by atoms with Crippen LogP contribution in [0.3, 0.4) is 0 Å². The Balaban J connectivity index is 1.74. The van der Waals surface area contributed by atoms with Gasteiger partial charge in [0.15, 0.2) is 0 Å². The van der Waals surface area contributed by atoms with Gasteiger partial charge in [-0.25, -0.2) is 9.18 Å². The summed E-state index contributed by atoms with van der Waals surface area (Å²) in [6.45, 7) is 1.09. The van der Waals surface area contributed by atoms with Crippen molar-refractivity contribution in [1.29, 1.82) is 0 Å². The minimum Gasteiger partial charge on any atom is -0.497 e. The van der Waals surface area contributed by atoms with Crippen LogP contribution < -0.4 is 19.7 Å². The van der Waals surface area contributed by atoms with E-state index in [0.29, 0.717) is 22.9 Å². The Morgan fingerprint density at radius 2 is 1.66 bits per heavy atom. The van der Waals surface area contributed by atoms with E-state index in [0.717, 1.165) is 4.90 Å². The fourth-order valence-electron chi connectivity index (χ4n) is 3.03. The highest BCUT2D eigenvalue weighted by molar-refractivity contribution is 6.16. The molecule has 1 unspecified atom stereocenters. The van der Waals surface area contributed by atoms with Gasteiger partial charge in [0.05, 0.1) is 14.2 Å². The molecule has 1 atom stereocenters. The molecule has 29 heavy (non-hydrogen) atoms. The Morgan fingerprint density at radius 1 is 1.07 bits per heavy atom. The first kappa shape index (κ1) is 20.1. The minimum atomic E-state index is -0.808. The first-order valence-corrected chi connectivity index (χ1v) is 8.77. The van der Waals surface area contributed by atoms with Crippen molar-refractivity contribution in [2.24, 2.45) is 0 Å². The number of carbonyl (C=O) groups excluding carboxylic acids is 3. The lowest BCUT2D eigenvalue weighted by molar-refractivity contribution is -0.130. The van der Waals surface area contributed by atoms with Gasteiger partial charge in [0, 0.05) is 29.6 Å². The molecule has 8 nitrogen and oxygen atoms in total. The molecule has 2 aromatic carbocycles. The van der Waals surface area contributed by atoms with E-state index in [1.54, 1.807) is 25.1 Å². The maximum absolute atomic E-state index is 13.2. The number of hydrogen-bond donors (Lipinski definition) is 1. The van der Waals surface area contributed by atoms with Gasteiger partial charge in [-0.3, -0.25) is 19.4 Å². The quantitative estimate of drug-likeness (QED) is 0.752. The molecule has 1 aliphatic heterocycles. The van der Waals surface area contributed by atoms with E-state index in [2.05, 4.69) is 5.32 Å². The zero-order chi connectivity index (χ0) is 21.1. The Morgan fingerprint density at radius 3 is 2.21 bits per heavy atom. The van der Waals surface area contributed by atoms with Crippen LogP contribution in [-0.4, -0.2) is 49.6 Å². The zero-order valence-electron chi connectivity index (χ0n) is 16.1. The highest BCUT2D eigenvalue weighted by Gasteiger charge is 2.44. The normalized spacial score (nSPS) is 16.2. The number of nitrogens with zero attached hydrogens (tertiary/aromatic N) is 2. The Kier molecular flexibility index (Phi) is 5.67. The molecule has 2 aromatic rings. The van der Waals surface area contributed by atoms with Crippen molar-refractivity contribution in [2.75, 3.05) is 31.0 Å². The van der Waals surface area contributed by atoms with Gasteiger partial charge in [0.1, 0.15) is 29.9 Å². The largest absolute Gasteiger partial charge is 0.497 e. The highest BCUT2D eigenvalue weighted by Crippen LogP contribution is 2.27. The maximum atomic E-state index is 13.2. The predicted octanol–water partition coefficient (Wildman–Crippen LogP) is 2.64.